The van der Waals surface area contributed by atoms with Crippen molar-refractivity contribution in [3.63, 3.8) is 0 Å². The van der Waals surface area contributed by atoms with E-state index in [9.17, 15) is 5.11 Å². The second kappa shape index (κ2) is 4.11. The molecule has 0 radical (unpaired) electrons. The summed E-state index contributed by atoms with van der Waals surface area (Å²) in [6, 6.07) is 7.93. The first-order chi connectivity index (χ1) is 6.48. The van der Waals surface area contributed by atoms with E-state index in [0.29, 0.717) is 6.54 Å². The van der Waals surface area contributed by atoms with Gasteiger partial charge in [-0.05, 0) is 26.0 Å². The molecule has 0 aliphatic heterocycles. The monoisotopic (exact) mass is 193 g/mol. The number of nitrogens with two attached hydrogens (primary N) is 1. The zero-order chi connectivity index (χ0) is 10.8. The Hall–Kier alpha value is -0.860. The van der Waals surface area contributed by atoms with Gasteiger partial charge < -0.3 is 10.8 Å². The topological polar surface area (TPSA) is 46.2 Å². The van der Waals surface area contributed by atoms with Crippen LogP contribution in [0.5, 0.6) is 0 Å². The van der Waals surface area contributed by atoms with Crippen molar-refractivity contribution in [2.24, 2.45) is 11.7 Å². The first kappa shape index (κ1) is 11.2. The van der Waals surface area contributed by atoms with Crippen LogP contribution in [0.3, 0.4) is 0 Å². The van der Waals surface area contributed by atoms with Gasteiger partial charge in [0, 0.05) is 5.92 Å². The van der Waals surface area contributed by atoms with E-state index in [0.717, 1.165) is 11.1 Å². The van der Waals surface area contributed by atoms with Gasteiger partial charge in [-0.25, -0.2) is 0 Å². The van der Waals surface area contributed by atoms with Gasteiger partial charge in [0.25, 0.3) is 0 Å². The quantitative estimate of drug-likeness (QED) is 0.769. The summed E-state index contributed by atoms with van der Waals surface area (Å²) in [6.07, 6.45) is 0. The summed E-state index contributed by atoms with van der Waals surface area (Å²) in [4.78, 5) is 0. The van der Waals surface area contributed by atoms with Crippen LogP contribution in [0, 0.1) is 12.8 Å². The van der Waals surface area contributed by atoms with Gasteiger partial charge in [0.2, 0.25) is 0 Å². The van der Waals surface area contributed by atoms with Crippen molar-refractivity contribution in [3.8, 4) is 0 Å². The lowest BCUT2D eigenvalue weighted by Gasteiger charge is -2.30. The van der Waals surface area contributed by atoms with Crippen LogP contribution in [0.4, 0.5) is 0 Å². The fraction of sp³-hybridized carbons (Fsp3) is 0.500. The van der Waals surface area contributed by atoms with Crippen LogP contribution in [0.1, 0.15) is 25.0 Å². The Morgan fingerprint density at radius 1 is 1.50 bits per heavy atom. The number of hydrogen-bond donors (Lipinski definition) is 2. The Kier molecular flexibility index (Phi) is 3.29. The highest BCUT2D eigenvalue weighted by molar-refractivity contribution is 5.27. The second-order valence-corrected chi connectivity index (χ2v) is 4.15. The average Bonchev–Trinajstić information content (AvgIpc) is 2.16. The van der Waals surface area contributed by atoms with E-state index in [1.807, 2.05) is 45.0 Å². The molecule has 0 bridgehead atoms. The Morgan fingerprint density at radius 2 is 2.14 bits per heavy atom. The fourth-order valence-corrected chi connectivity index (χ4v) is 1.47. The van der Waals surface area contributed by atoms with Crippen molar-refractivity contribution in [1.29, 1.82) is 0 Å². The number of aryl methyl sites for hydroxylation is 1. The zero-order valence-corrected chi connectivity index (χ0v) is 9.12. The van der Waals surface area contributed by atoms with Gasteiger partial charge in [-0.15, -0.1) is 0 Å². The molecule has 0 fully saturated rings. The van der Waals surface area contributed by atoms with Gasteiger partial charge in [0.15, 0.2) is 0 Å². The van der Waals surface area contributed by atoms with Crippen molar-refractivity contribution < 1.29 is 5.11 Å². The van der Waals surface area contributed by atoms with Crippen LogP contribution in [0.15, 0.2) is 24.3 Å². The number of benzene rings is 1. The van der Waals surface area contributed by atoms with E-state index in [1.165, 1.54) is 0 Å². The minimum absolute atomic E-state index is 0.0595. The molecule has 0 saturated heterocycles. The highest BCUT2D eigenvalue weighted by Gasteiger charge is 2.29. The molecule has 0 amide bonds. The number of hydrogen-bond acceptors (Lipinski definition) is 2. The lowest BCUT2D eigenvalue weighted by Crippen LogP contribution is -2.34. The molecule has 2 atom stereocenters. The van der Waals surface area contributed by atoms with Crippen molar-refractivity contribution >= 4 is 0 Å². The molecular weight excluding hydrogens is 174 g/mol. The van der Waals surface area contributed by atoms with E-state index in [2.05, 4.69) is 0 Å². The SMILES string of the molecule is Cc1cccc(C(C)(O)C(C)CN)c1. The summed E-state index contributed by atoms with van der Waals surface area (Å²) >= 11 is 0. The average molecular weight is 193 g/mol. The Bertz CT molecular complexity index is 307. The molecule has 1 rings (SSSR count). The van der Waals surface area contributed by atoms with Gasteiger partial charge in [0.1, 0.15) is 0 Å². The molecule has 0 aliphatic rings. The van der Waals surface area contributed by atoms with Crippen molar-refractivity contribution in [1.82, 2.24) is 0 Å². The number of aliphatic hydroxyl groups is 1. The molecule has 14 heavy (non-hydrogen) atoms. The third kappa shape index (κ3) is 2.14. The molecule has 2 nitrogen and oxygen atoms in total. The predicted molar refractivity (Wildman–Crippen MR) is 59.0 cm³/mol. The van der Waals surface area contributed by atoms with Crippen LogP contribution in [0.25, 0.3) is 0 Å². The third-order valence-electron chi connectivity index (χ3n) is 2.92. The molecule has 2 unspecified atom stereocenters. The Labute approximate surface area is 85.8 Å². The Morgan fingerprint density at radius 3 is 2.64 bits per heavy atom. The van der Waals surface area contributed by atoms with Gasteiger partial charge in [-0.1, -0.05) is 36.8 Å². The summed E-state index contributed by atoms with van der Waals surface area (Å²) in [5.41, 5.74) is 6.84. The maximum Gasteiger partial charge on any atom is 0.0906 e. The molecule has 1 aromatic carbocycles. The summed E-state index contributed by atoms with van der Waals surface area (Å²) in [6.45, 7) is 6.29. The minimum Gasteiger partial charge on any atom is -0.385 e. The van der Waals surface area contributed by atoms with Gasteiger partial charge in [-0.2, -0.15) is 0 Å². The molecule has 78 valence electrons. The second-order valence-electron chi connectivity index (χ2n) is 4.15. The predicted octanol–water partition coefficient (Wildman–Crippen LogP) is 1.80. The minimum atomic E-state index is -0.833. The molecule has 3 N–H and O–H groups in total. The molecule has 1 aromatic rings. The van der Waals surface area contributed by atoms with Gasteiger partial charge >= 0.3 is 0 Å². The highest BCUT2D eigenvalue weighted by atomic mass is 16.3. The van der Waals surface area contributed by atoms with E-state index in [4.69, 9.17) is 5.73 Å². The van der Waals surface area contributed by atoms with Crippen LogP contribution < -0.4 is 5.73 Å². The first-order valence-electron chi connectivity index (χ1n) is 4.98. The molecule has 2 heteroatoms. The van der Waals surface area contributed by atoms with Crippen LogP contribution in [-0.4, -0.2) is 11.7 Å². The van der Waals surface area contributed by atoms with Crippen molar-refractivity contribution in [2.75, 3.05) is 6.54 Å². The summed E-state index contributed by atoms with van der Waals surface area (Å²) in [5.74, 6) is 0.0595. The summed E-state index contributed by atoms with van der Waals surface area (Å²) in [5, 5.41) is 10.3. The summed E-state index contributed by atoms with van der Waals surface area (Å²) in [7, 11) is 0. The van der Waals surface area contributed by atoms with E-state index in [1.54, 1.807) is 0 Å². The first-order valence-corrected chi connectivity index (χ1v) is 4.98. The third-order valence-corrected chi connectivity index (χ3v) is 2.92. The summed E-state index contributed by atoms with van der Waals surface area (Å²) < 4.78 is 0. The lowest BCUT2D eigenvalue weighted by molar-refractivity contribution is 0.00515. The van der Waals surface area contributed by atoms with Crippen LogP contribution >= 0.6 is 0 Å². The van der Waals surface area contributed by atoms with E-state index < -0.39 is 5.60 Å². The standard InChI is InChI=1S/C12H19NO/c1-9-5-4-6-11(7-9)12(3,14)10(2)8-13/h4-7,10,14H,8,13H2,1-3H3. The molecule has 0 saturated carbocycles. The van der Waals surface area contributed by atoms with Crippen molar-refractivity contribution in [3.05, 3.63) is 35.4 Å². The molecule has 0 heterocycles. The maximum atomic E-state index is 10.3. The zero-order valence-electron chi connectivity index (χ0n) is 9.12. The van der Waals surface area contributed by atoms with E-state index >= 15 is 0 Å². The van der Waals surface area contributed by atoms with E-state index in [-0.39, 0.29) is 5.92 Å². The maximum absolute atomic E-state index is 10.3. The van der Waals surface area contributed by atoms with Gasteiger partial charge in [-0.3, -0.25) is 0 Å². The fourth-order valence-electron chi connectivity index (χ4n) is 1.47. The molecule has 0 aromatic heterocycles. The van der Waals surface area contributed by atoms with Gasteiger partial charge in [0.05, 0.1) is 5.60 Å². The smallest absolute Gasteiger partial charge is 0.0906 e. The molecular formula is C12H19NO. The lowest BCUT2D eigenvalue weighted by atomic mass is 9.83. The van der Waals surface area contributed by atoms with Crippen molar-refractivity contribution in [2.45, 2.75) is 26.4 Å². The molecule has 0 aliphatic carbocycles. The molecule has 0 spiro atoms. The highest BCUT2D eigenvalue weighted by Crippen LogP contribution is 2.28. The largest absolute Gasteiger partial charge is 0.385 e. The number of rotatable bonds is 3. The van der Waals surface area contributed by atoms with Crippen LogP contribution in [-0.2, 0) is 5.60 Å². The van der Waals surface area contributed by atoms with Crippen LogP contribution in [0.2, 0.25) is 0 Å². The normalized spacial score (nSPS) is 17.5. The Balaban J connectivity index is 3.03.